The summed E-state index contributed by atoms with van der Waals surface area (Å²) in [6, 6.07) is 7.90. The molecule has 0 atom stereocenters. The first-order valence-electron chi connectivity index (χ1n) is 7.23. The van der Waals surface area contributed by atoms with Gasteiger partial charge in [0, 0.05) is 12.2 Å². The highest BCUT2D eigenvalue weighted by atomic mass is 16.2. The molecule has 1 aromatic carbocycles. The van der Waals surface area contributed by atoms with Gasteiger partial charge in [-0.25, -0.2) is 0 Å². The largest absolute Gasteiger partial charge is 0.329 e. The van der Waals surface area contributed by atoms with E-state index < -0.39 is 0 Å². The Morgan fingerprint density at radius 2 is 2.10 bits per heavy atom. The van der Waals surface area contributed by atoms with Crippen molar-refractivity contribution >= 4 is 11.6 Å². The molecule has 0 aliphatic rings. The van der Waals surface area contributed by atoms with Crippen molar-refractivity contribution in [2.75, 3.05) is 11.9 Å². The van der Waals surface area contributed by atoms with E-state index in [0.717, 1.165) is 12.1 Å². The number of nitrogens with two attached hydrogens (primary N) is 1. The maximum absolute atomic E-state index is 12.0. The molecule has 1 aromatic heterocycles. The molecule has 0 aliphatic carbocycles. The molecule has 3 N–H and O–H groups in total. The van der Waals surface area contributed by atoms with Crippen LogP contribution in [0.25, 0.3) is 0 Å². The summed E-state index contributed by atoms with van der Waals surface area (Å²) in [6.07, 6.45) is 5.02. The van der Waals surface area contributed by atoms with E-state index in [1.165, 1.54) is 18.4 Å². The average Bonchev–Trinajstić information content (AvgIpc) is 2.96. The van der Waals surface area contributed by atoms with Crippen LogP contribution in [0.4, 0.5) is 5.69 Å². The molecule has 21 heavy (non-hydrogen) atoms. The Hall–Kier alpha value is -2.21. The van der Waals surface area contributed by atoms with E-state index in [0.29, 0.717) is 18.8 Å². The quantitative estimate of drug-likeness (QED) is 0.813. The molecule has 0 spiro atoms. The standard InChI is InChI=1S/C15H21N5O/c1-2-3-4-12-5-7-13(8-6-12)17-15(21)14-11-20(10-9-16)19-18-14/h5-8,11H,2-4,9-10,16H2,1H3,(H,17,21). The fraction of sp³-hybridized carbons (Fsp3) is 0.400. The highest BCUT2D eigenvalue weighted by Crippen LogP contribution is 2.12. The van der Waals surface area contributed by atoms with E-state index in [1.54, 1.807) is 10.9 Å². The molecule has 0 fully saturated rings. The van der Waals surface area contributed by atoms with Gasteiger partial charge in [-0.1, -0.05) is 30.7 Å². The molecule has 0 saturated carbocycles. The Kier molecular flexibility index (Phi) is 5.45. The Bertz CT molecular complexity index is 576. The number of aryl methyl sites for hydroxylation is 1. The minimum absolute atomic E-state index is 0.264. The third-order valence-corrected chi connectivity index (χ3v) is 3.16. The number of unbranched alkanes of at least 4 members (excludes halogenated alkanes) is 1. The molecule has 2 aromatic rings. The van der Waals surface area contributed by atoms with Crippen LogP contribution >= 0.6 is 0 Å². The fourth-order valence-corrected chi connectivity index (χ4v) is 1.97. The van der Waals surface area contributed by atoms with Crippen molar-refractivity contribution in [2.24, 2.45) is 5.73 Å². The van der Waals surface area contributed by atoms with E-state index in [9.17, 15) is 4.79 Å². The first-order chi connectivity index (χ1) is 10.2. The van der Waals surface area contributed by atoms with Crippen molar-refractivity contribution in [3.05, 3.63) is 41.7 Å². The summed E-state index contributed by atoms with van der Waals surface area (Å²) >= 11 is 0. The van der Waals surface area contributed by atoms with Gasteiger partial charge in [0.05, 0.1) is 12.7 Å². The van der Waals surface area contributed by atoms with Gasteiger partial charge in [0.1, 0.15) is 0 Å². The Morgan fingerprint density at radius 1 is 1.33 bits per heavy atom. The second-order valence-electron chi connectivity index (χ2n) is 4.91. The molecule has 1 amide bonds. The zero-order valence-corrected chi connectivity index (χ0v) is 12.2. The van der Waals surface area contributed by atoms with Crippen molar-refractivity contribution in [3.8, 4) is 0 Å². The average molecular weight is 287 g/mol. The molecular weight excluding hydrogens is 266 g/mol. The summed E-state index contributed by atoms with van der Waals surface area (Å²) < 4.78 is 1.56. The number of amides is 1. The number of hydrogen-bond donors (Lipinski definition) is 2. The van der Waals surface area contributed by atoms with Crippen LogP contribution in [-0.2, 0) is 13.0 Å². The minimum Gasteiger partial charge on any atom is -0.329 e. The van der Waals surface area contributed by atoms with Crippen molar-refractivity contribution in [1.29, 1.82) is 0 Å². The van der Waals surface area contributed by atoms with Gasteiger partial charge in [0.25, 0.3) is 5.91 Å². The number of benzene rings is 1. The normalized spacial score (nSPS) is 10.6. The van der Waals surface area contributed by atoms with Gasteiger partial charge in [-0.2, -0.15) is 0 Å². The molecule has 2 rings (SSSR count). The third-order valence-electron chi connectivity index (χ3n) is 3.16. The predicted molar refractivity (Wildman–Crippen MR) is 82.1 cm³/mol. The van der Waals surface area contributed by atoms with E-state index in [4.69, 9.17) is 5.73 Å². The van der Waals surface area contributed by atoms with E-state index >= 15 is 0 Å². The monoisotopic (exact) mass is 287 g/mol. The number of carbonyl (C=O) groups excluding carboxylic acids is 1. The fourth-order valence-electron chi connectivity index (χ4n) is 1.97. The zero-order valence-electron chi connectivity index (χ0n) is 12.2. The number of carbonyl (C=O) groups is 1. The number of anilines is 1. The minimum atomic E-state index is -0.264. The highest BCUT2D eigenvalue weighted by molar-refractivity contribution is 6.02. The molecule has 0 unspecified atom stereocenters. The van der Waals surface area contributed by atoms with Crippen molar-refractivity contribution in [1.82, 2.24) is 15.0 Å². The van der Waals surface area contributed by atoms with Crippen LogP contribution < -0.4 is 11.1 Å². The Balaban J connectivity index is 1.95. The lowest BCUT2D eigenvalue weighted by molar-refractivity contribution is 0.102. The summed E-state index contributed by atoms with van der Waals surface area (Å²) in [4.78, 5) is 12.0. The molecule has 0 saturated heterocycles. The van der Waals surface area contributed by atoms with Gasteiger partial charge in [0.15, 0.2) is 5.69 Å². The van der Waals surface area contributed by atoms with Gasteiger partial charge in [0.2, 0.25) is 0 Å². The summed E-state index contributed by atoms with van der Waals surface area (Å²) in [6.45, 7) is 3.18. The number of nitrogens with one attached hydrogen (secondary N) is 1. The second kappa shape index (κ2) is 7.54. The van der Waals surface area contributed by atoms with Crippen LogP contribution in [0.5, 0.6) is 0 Å². The first kappa shape index (κ1) is 15.2. The number of rotatable bonds is 7. The molecule has 112 valence electrons. The number of aromatic nitrogens is 3. The summed E-state index contributed by atoms with van der Waals surface area (Å²) in [5.74, 6) is -0.264. The molecule has 0 bridgehead atoms. The van der Waals surface area contributed by atoms with Gasteiger partial charge in [-0.15, -0.1) is 5.10 Å². The highest BCUT2D eigenvalue weighted by Gasteiger charge is 2.10. The van der Waals surface area contributed by atoms with Crippen LogP contribution in [0.15, 0.2) is 30.5 Å². The molecule has 6 nitrogen and oxygen atoms in total. The lowest BCUT2D eigenvalue weighted by Crippen LogP contribution is -2.12. The molecule has 0 aliphatic heterocycles. The summed E-state index contributed by atoms with van der Waals surface area (Å²) in [5.41, 5.74) is 7.76. The molecule has 0 radical (unpaired) electrons. The Morgan fingerprint density at radius 3 is 2.76 bits per heavy atom. The van der Waals surface area contributed by atoms with Crippen LogP contribution in [0, 0.1) is 0 Å². The zero-order chi connectivity index (χ0) is 15.1. The van der Waals surface area contributed by atoms with Gasteiger partial charge in [-0.05, 0) is 30.5 Å². The number of hydrogen-bond acceptors (Lipinski definition) is 4. The van der Waals surface area contributed by atoms with E-state index in [2.05, 4.69) is 22.6 Å². The second-order valence-corrected chi connectivity index (χ2v) is 4.91. The number of nitrogens with zero attached hydrogens (tertiary/aromatic N) is 3. The smallest absolute Gasteiger partial charge is 0.277 e. The predicted octanol–water partition coefficient (Wildman–Crippen LogP) is 1.83. The van der Waals surface area contributed by atoms with Crippen molar-refractivity contribution in [2.45, 2.75) is 32.7 Å². The van der Waals surface area contributed by atoms with E-state index in [-0.39, 0.29) is 5.91 Å². The van der Waals surface area contributed by atoms with Crippen molar-refractivity contribution in [3.63, 3.8) is 0 Å². The maximum Gasteiger partial charge on any atom is 0.277 e. The summed E-state index contributed by atoms with van der Waals surface area (Å²) in [5, 5.41) is 10.5. The van der Waals surface area contributed by atoms with E-state index in [1.807, 2.05) is 24.3 Å². The first-order valence-corrected chi connectivity index (χ1v) is 7.23. The summed E-state index contributed by atoms with van der Waals surface area (Å²) in [7, 11) is 0. The topological polar surface area (TPSA) is 85.8 Å². The molecular formula is C15H21N5O. The van der Waals surface area contributed by atoms with Gasteiger partial charge in [-0.3, -0.25) is 9.48 Å². The van der Waals surface area contributed by atoms with Crippen molar-refractivity contribution < 1.29 is 4.79 Å². The van der Waals surface area contributed by atoms with Crippen LogP contribution in [0.3, 0.4) is 0 Å². The lowest BCUT2D eigenvalue weighted by Gasteiger charge is -2.04. The van der Waals surface area contributed by atoms with Crippen LogP contribution in [-0.4, -0.2) is 27.4 Å². The molecule has 1 heterocycles. The lowest BCUT2D eigenvalue weighted by atomic mass is 10.1. The van der Waals surface area contributed by atoms with Gasteiger partial charge >= 0.3 is 0 Å². The Labute approximate surface area is 124 Å². The molecule has 6 heteroatoms. The van der Waals surface area contributed by atoms with Crippen LogP contribution in [0.1, 0.15) is 35.8 Å². The van der Waals surface area contributed by atoms with Gasteiger partial charge < -0.3 is 11.1 Å². The third kappa shape index (κ3) is 4.39. The SMILES string of the molecule is CCCCc1ccc(NC(=O)c2cn(CCN)nn2)cc1. The maximum atomic E-state index is 12.0. The van der Waals surface area contributed by atoms with Crippen LogP contribution in [0.2, 0.25) is 0 Å².